The molecule has 1 aliphatic rings. The van der Waals surface area contributed by atoms with Gasteiger partial charge in [-0.3, -0.25) is 0 Å². The number of hydrogen-bond donors (Lipinski definition) is 1. The Kier molecular flexibility index (Phi) is 2.56. The SMILES string of the molecule is Cc1nsc(N)c1-c1nc(C2CCOC2)no1. The van der Waals surface area contributed by atoms with Gasteiger partial charge in [-0.1, -0.05) is 5.16 Å². The van der Waals surface area contributed by atoms with E-state index in [9.17, 15) is 0 Å². The minimum absolute atomic E-state index is 0.237. The molecule has 17 heavy (non-hydrogen) atoms. The van der Waals surface area contributed by atoms with Crippen LogP contribution in [0.25, 0.3) is 11.5 Å². The van der Waals surface area contributed by atoms with Crippen LogP contribution in [-0.2, 0) is 4.74 Å². The molecule has 6 nitrogen and oxygen atoms in total. The second-order valence-electron chi connectivity index (χ2n) is 4.03. The molecule has 90 valence electrons. The van der Waals surface area contributed by atoms with Crippen molar-refractivity contribution >= 4 is 16.5 Å². The fourth-order valence-corrected chi connectivity index (χ4v) is 2.54. The molecule has 3 rings (SSSR count). The smallest absolute Gasteiger partial charge is 0.262 e. The monoisotopic (exact) mass is 252 g/mol. The standard InChI is InChI=1S/C10H12N4O2S/c1-5-7(8(11)17-14-5)10-12-9(13-16-10)6-2-3-15-4-6/h6H,2-4,11H2,1H3. The number of aromatic nitrogens is 3. The van der Waals surface area contributed by atoms with Crippen molar-refractivity contribution in [2.45, 2.75) is 19.3 Å². The van der Waals surface area contributed by atoms with E-state index in [1.165, 1.54) is 11.5 Å². The molecule has 2 aromatic heterocycles. The summed E-state index contributed by atoms with van der Waals surface area (Å²) in [6.45, 7) is 3.30. The lowest BCUT2D eigenvalue weighted by Gasteiger charge is -1.97. The third-order valence-corrected chi connectivity index (χ3v) is 3.61. The molecule has 1 atom stereocenters. The quantitative estimate of drug-likeness (QED) is 0.873. The zero-order valence-corrected chi connectivity index (χ0v) is 10.2. The minimum atomic E-state index is 0.237. The maximum absolute atomic E-state index is 5.84. The Hall–Kier alpha value is -1.47. The average Bonchev–Trinajstić information content (AvgIpc) is 2.98. The number of anilines is 1. The number of nitrogens with zero attached hydrogens (tertiary/aromatic N) is 3. The van der Waals surface area contributed by atoms with Gasteiger partial charge in [0, 0.05) is 12.5 Å². The lowest BCUT2D eigenvalue weighted by atomic mass is 10.1. The van der Waals surface area contributed by atoms with Gasteiger partial charge >= 0.3 is 0 Å². The van der Waals surface area contributed by atoms with Gasteiger partial charge in [-0.15, -0.1) is 0 Å². The van der Waals surface area contributed by atoms with Gasteiger partial charge < -0.3 is 15.0 Å². The zero-order chi connectivity index (χ0) is 11.8. The minimum Gasteiger partial charge on any atom is -0.389 e. The number of nitrogens with two attached hydrogens (primary N) is 1. The van der Waals surface area contributed by atoms with E-state index in [2.05, 4.69) is 14.5 Å². The first-order valence-corrected chi connectivity index (χ1v) is 6.16. The van der Waals surface area contributed by atoms with Gasteiger partial charge in [-0.05, 0) is 24.9 Å². The first-order valence-electron chi connectivity index (χ1n) is 5.39. The van der Waals surface area contributed by atoms with Crippen LogP contribution in [0.2, 0.25) is 0 Å². The van der Waals surface area contributed by atoms with E-state index in [1.54, 1.807) is 0 Å². The molecule has 0 spiro atoms. The van der Waals surface area contributed by atoms with Crippen molar-refractivity contribution in [3.63, 3.8) is 0 Å². The average molecular weight is 252 g/mol. The summed E-state index contributed by atoms with van der Waals surface area (Å²) in [4.78, 5) is 4.39. The van der Waals surface area contributed by atoms with E-state index in [0.717, 1.165) is 24.3 Å². The summed E-state index contributed by atoms with van der Waals surface area (Å²) in [5.74, 6) is 1.39. The van der Waals surface area contributed by atoms with Crippen LogP contribution in [0, 0.1) is 6.92 Å². The highest BCUT2D eigenvalue weighted by Crippen LogP contribution is 2.32. The van der Waals surface area contributed by atoms with E-state index in [-0.39, 0.29) is 5.92 Å². The molecule has 0 bridgehead atoms. The summed E-state index contributed by atoms with van der Waals surface area (Å²) >= 11 is 1.24. The molecule has 7 heteroatoms. The Morgan fingerprint density at radius 3 is 3.00 bits per heavy atom. The molecule has 2 N–H and O–H groups in total. The van der Waals surface area contributed by atoms with Crippen LogP contribution < -0.4 is 5.73 Å². The molecule has 0 aliphatic carbocycles. The molecular weight excluding hydrogens is 240 g/mol. The van der Waals surface area contributed by atoms with Gasteiger partial charge in [-0.25, -0.2) is 0 Å². The molecule has 0 radical (unpaired) electrons. The Bertz CT molecular complexity index is 511. The number of nitrogen functional groups attached to an aromatic ring is 1. The topological polar surface area (TPSA) is 87.1 Å². The summed E-state index contributed by atoms with van der Waals surface area (Å²) < 4.78 is 14.7. The first kappa shape index (κ1) is 10.7. The van der Waals surface area contributed by atoms with Crippen molar-refractivity contribution in [3.8, 4) is 11.5 Å². The van der Waals surface area contributed by atoms with Crippen LogP contribution in [0.5, 0.6) is 0 Å². The fraction of sp³-hybridized carbons (Fsp3) is 0.500. The number of aryl methyl sites for hydroxylation is 1. The van der Waals surface area contributed by atoms with E-state index >= 15 is 0 Å². The van der Waals surface area contributed by atoms with Crippen molar-refractivity contribution in [3.05, 3.63) is 11.5 Å². The van der Waals surface area contributed by atoms with E-state index in [0.29, 0.717) is 23.3 Å². The van der Waals surface area contributed by atoms with Crippen molar-refractivity contribution in [1.82, 2.24) is 14.5 Å². The Labute approximate surface area is 102 Å². The predicted octanol–water partition coefficient (Wildman–Crippen LogP) is 1.59. The lowest BCUT2D eigenvalue weighted by Crippen LogP contribution is -1.99. The summed E-state index contributed by atoms with van der Waals surface area (Å²) in [6.07, 6.45) is 0.940. The maximum Gasteiger partial charge on any atom is 0.262 e. The normalized spacial score (nSPS) is 19.9. The largest absolute Gasteiger partial charge is 0.389 e. The van der Waals surface area contributed by atoms with Crippen molar-refractivity contribution in [2.75, 3.05) is 18.9 Å². The number of rotatable bonds is 2. The van der Waals surface area contributed by atoms with Crippen LogP contribution in [0.4, 0.5) is 5.00 Å². The third-order valence-electron chi connectivity index (χ3n) is 2.84. The number of hydrogen-bond acceptors (Lipinski definition) is 7. The van der Waals surface area contributed by atoms with E-state index in [4.69, 9.17) is 15.0 Å². The highest BCUT2D eigenvalue weighted by molar-refractivity contribution is 7.10. The van der Waals surface area contributed by atoms with Gasteiger partial charge in [0.25, 0.3) is 5.89 Å². The molecular formula is C10H12N4O2S. The molecule has 1 fully saturated rings. The van der Waals surface area contributed by atoms with Crippen LogP contribution in [0.1, 0.15) is 23.9 Å². The lowest BCUT2D eigenvalue weighted by molar-refractivity contribution is 0.192. The van der Waals surface area contributed by atoms with Crippen molar-refractivity contribution in [2.24, 2.45) is 0 Å². The zero-order valence-electron chi connectivity index (χ0n) is 9.34. The van der Waals surface area contributed by atoms with Crippen LogP contribution in [-0.4, -0.2) is 27.7 Å². The third kappa shape index (κ3) is 1.81. The molecule has 1 aliphatic heterocycles. The highest BCUT2D eigenvalue weighted by atomic mass is 32.1. The van der Waals surface area contributed by atoms with Crippen LogP contribution in [0.15, 0.2) is 4.52 Å². The second kappa shape index (κ2) is 4.08. The molecule has 3 heterocycles. The molecule has 2 aromatic rings. The van der Waals surface area contributed by atoms with Crippen LogP contribution in [0.3, 0.4) is 0 Å². The Morgan fingerprint density at radius 2 is 2.35 bits per heavy atom. The summed E-state index contributed by atoms with van der Waals surface area (Å²) in [5, 5.41) is 4.60. The predicted molar refractivity (Wildman–Crippen MR) is 62.7 cm³/mol. The van der Waals surface area contributed by atoms with Gasteiger partial charge in [0.15, 0.2) is 5.82 Å². The molecule has 0 saturated carbocycles. The maximum atomic E-state index is 5.84. The van der Waals surface area contributed by atoms with Crippen LogP contribution >= 0.6 is 11.5 Å². The van der Waals surface area contributed by atoms with E-state index in [1.807, 2.05) is 6.92 Å². The summed E-state index contributed by atoms with van der Waals surface area (Å²) in [6, 6.07) is 0. The molecule has 0 amide bonds. The molecule has 0 aromatic carbocycles. The summed E-state index contributed by atoms with van der Waals surface area (Å²) in [7, 11) is 0. The van der Waals surface area contributed by atoms with Gasteiger partial charge in [0.05, 0.1) is 17.9 Å². The van der Waals surface area contributed by atoms with Crippen molar-refractivity contribution < 1.29 is 9.26 Å². The molecule has 1 unspecified atom stereocenters. The first-order chi connectivity index (χ1) is 8.25. The molecule has 1 saturated heterocycles. The van der Waals surface area contributed by atoms with Gasteiger partial charge in [-0.2, -0.15) is 9.36 Å². The van der Waals surface area contributed by atoms with E-state index < -0.39 is 0 Å². The Morgan fingerprint density at radius 1 is 1.47 bits per heavy atom. The van der Waals surface area contributed by atoms with Crippen molar-refractivity contribution in [1.29, 1.82) is 0 Å². The summed E-state index contributed by atoms with van der Waals surface area (Å²) in [5.41, 5.74) is 7.42. The number of ether oxygens (including phenoxy) is 1. The fourth-order valence-electron chi connectivity index (χ4n) is 1.89. The Balaban J connectivity index is 1.94. The van der Waals surface area contributed by atoms with Gasteiger partial charge in [0.1, 0.15) is 5.00 Å². The highest BCUT2D eigenvalue weighted by Gasteiger charge is 2.25. The second-order valence-corrected chi connectivity index (χ2v) is 4.83. The van der Waals surface area contributed by atoms with Gasteiger partial charge in [0.2, 0.25) is 0 Å².